The molecule has 0 aliphatic rings. The highest BCUT2D eigenvalue weighted by Crippen LogP contribution is 2.39. The fourth-order valence-electron chi connectivity index (χ4n) is 1.83. The van der Waals surface area contributed by atoms with Gasteiger partial charge in [-0.2, -0.15) is 0 Å². The Morgan fingerprint density at radius 1 is 1.14 bits per heavy atom. The number of ketones is 1. The minimum absolute atomic E-state index is 0.0755. The molecule has 0 N–H and O–H groups in total. The van der Waals surface area contributed by atoms with Crippen LogP contribution in [-0.2, 0) is 0 Å². The molecule has 21 heavy (non-hydrogen) atoms. The SMILES string of the molecule is COc1cc(SCC(=O)c2ccccc2)cc(Cl)c1OC. The highest BCUT2D eigenvalue weighted by Gasteiger charge is 2.12. The van der Waals surface area contributed by atoms with Gasteiger partial charge in [0.05, 0.1) is 25.0 Å². The van der Waals surface area contributed by atoms with Gasteiger partial charge in [-0.05, 0) is 12.1 Å². The maximum Gasteiger partial charge on any atom is 0.179 e. The summed E-state index contributed by atoms with van der Waals surface area (Å²) in [5, 5.41) is 0.464. The minimum Gasteiger partial charge on any atom is -0.493 e. The van der Waals surface area contributed by atoms with Gasteiger partial charge < -0.3 is 9.47 Å². The normalized spacial score (nSPS) is 10.2. The first-order chi connectivity index (χ1) is 10.2. The van der Waals surface area contributed by atoms with E-state index in [2.05, 4.69) is 0 Å². The van der Waals surface area contributed by atoms with Gasteiger partial charge in [-0.3, -0.25) is 4.79 Å². The average Bonchev–Trinajstić information content (AvgIpc) is 2.52. The van der Waals surface area contributed by atoms with Crippen molar-refractivity contribution in [1.82, 2.24) is 0 Å². The van der Waals surface area contributed by atoms with E-state index in [-0.39, 0.29) is 5.78 Å². The third-order valence-corrected chi connectivity index (χ3v) is 4.13. The minimum atomic E-state index is 0.0755. The summed E-state index contributed by atoms with van der Waals surface area (Å²) in [4.78, 5) is 12.9. The molecule has 0 aromatic heterocycles. The molecule has 3 nitrogen and oxygen atoms in total. The van der Waals surface area contributed by atoms with Crippen LogP contribution in [-0.4, -0.2) is 25.8 Å². The Labute approximate surface area is 133 Å². The van der Waals surface area contributed by atoms with Crippen LogP contribution in [0.4, 0.5) is 0 Å². The number of halogens is 1. The van der Waals surface area contributed by atoms with Crippen molar-refractivity contribution in [3.63, 3.8) is 0 Å². The van der Waals surface area contributed by atoms with E-state index in [1.54, 1.807) is 13.2 Å². The van der Waals surface area contributed by atoms with Gasteiger partial charge >= 0.3 is 0 Å². The number of thioether (sulfide) groups is 1. The van der Waals surface area contributed by atoms with E-state index in [0.717, 1.165) is 4.90 Å². The van der Waals surface area contributed by atoms with Gasteiger partial charge in [0, 0.05) is 10.5 Å². The van der Waals surface area contributed by atoms with Crippen LogP contribution >= 0.6 is 23.4 Å². The summed E-state index contributed by atoms with van der Waals surface area (Å²) in [5.41, 5.74) is 0.705. The van der Waals surface area contributed by atoms with Crippen LogP contribution in [0.25, 0.3) is 0 Å². The third-order valence-electron chi connectivity index (χ3n) is 2.87. The Bertz CT molecular complexity index is 629. The van der Waals surface area contributed by atoms with Crippen LogP contribution in [0.2, 0.25) is 5.02 Å². The second-order valence-electron chi connectivity index (χ2n) is 4.22. The first kappa shape index (κ1) is 15.7. The van der Waals surface area contributed by atoms with E-state index in [9.17, 15) is 4.79 Å². The molecule has 0 aliphatic carbocycles. The summed E-state index contributed by atoms with van der Waals surface area (Å²) in [6, 6.07) is 12.8. The quantitative estimate of drug-likeness (QED) is 0.585. The summed E-state index contributed by atoms with van der Waals surface area (Å²) in [7, 11) is 3.09. The first-order valence-electron chi connectivity index (χ1n) is 6.28. The maximum absolute atomic E-state index is 12.1. The van der Waals surface area contributed by atoms with Gasteiger partial charge in [-0.1, -0.05) is 41.9 Å². The molecule has 0 fully saturated rings. The zero-order valence-electron chi connectivity index (χ0n) is 11.8. The molecular weight excluding hydrogens is 308 g/mol. The second-order valence-corrected chi connectivity index (χ2v) is 5.67. The highest BCUT2D eigenvalue weighted by atomic mass is 35.5. The fourth-order valence-corrected chi connectivity index (χ4v) is 3.04. The predicted molar refractivity (Wildman–Crippen MR) is 86.1 cm³/mol. The number of hydrogen-bond acceptors (Lipinski definition) is 4. The molecule has 0 radical (unpaired) electrons. The van der Waals surface area contributed by atoms with Crippen molar-refractivity contribution in [2.24, 2.45) is 0 Å². The average molecular weight is 323 g/mol. The van der Waals surface area contributed by atoms with E-state index in [1.165, 1.54) is 18.9 Å². The van der Waals surface area contributed by atoms with Crippen molar-refractivity contribution in [2.45, 2.75) is 4.90 Å². The van der Waals surface area contributed by atoms with Crippen LogP contribution in [0.3, 0.4) is 0 Å². The lowest BCUT2D eigenvalue weighted by Crippen LogP contribution is -2.01. The Kier molecular flexibility index (Phi) is 5.53. The summed E-state index contributed by atoms with van der Waals surface area (Å²) >= 11 is 7.56. The van der Waals surface area contributed by atoms with Crippen molar-refractivity contribution >= 4 is 29.1 Å². The van der Waals surface area contributed by atoms with Crippen molar-refractivity contribution in [2.75, 3.05) is 20.0 Å². The Hall–Kier alpha value is -1.65. The van der Waals surface area contributed by atoms with Crippen molar-refractivity contribution in [1.29, 1.82) is 0 Å². The van der Waals surface area contributed by atoms with Crippen LogP contribution in [0.1, 0.15) is 10.4 Å². The molecule has 0 spiro atoms. The van der Waals surface area contributed by atoms with Crippen LogP contribution < -0.4 is 9.47 Å². The molecule has 0 unspecified atom stereocenters. The summed E-state index contributed by atoms with van der Waals surface area (Å²) in [6.45, 7) is 0. The number of hydrogen-bond donors (Lipinski definition) is 0. The number of methoxy groups -OCH3 is 2. The summed E-state index contributed by atoms with van der Waals surface area (Å²) in [5.74, 6) is 1.47. The molecule has 0 bridgehead atoms. The van der Waals surface area contributed by atoms with Crippen LogP contribution in [0.15, 0.2) is 47.4 Å². The maximum atomic E-state index is 12.1. The Balaban J connectivity index is 2.10. The lowest BCUT2D eigenvalue weighted by atomic mass is 10.2. The summed E-state index contributed by atoms with van der Waals surface area (Å²) in [6.07, 6.45) is 0. The lowest BCUT2D eigenvalue weighted by molar-refractivity contribution is 0.102. The van der Waals surface area contributed by atoms with Gasteiger partial charge in [-0.15, -0.1) is 11.8 Å². The molecule has 2 rings (SSSR count). The summed E-state index contributed by atoms with van der Waals surface area (Å²) < 4.78 is 10.4. The smallest absolute Gasteiger partial charge is 0.179 e. The molecule has 110 valence electrons. The van der Waals surface area contributed by atoms with Crippen molar-refractivity contribution in [3.05, 3.63) is 53.1 Å². The fraction of sp³-hybridized carbons (Fsp3) is 0.188. The van der Waals surface area contributed by atoms with Gasteiger partial charge in [-0.25, -0.2) is 0 Å². The number of benzene rings is 2. The molecule has 5 heteroatoms. The molecule has 0 saturated heterocycles. The van der Waals surface area contributed by atoms with E-state index in [4.69, 9.17) is 21.1 Å². The highest BCUT2D eigenvalue weighted by molar-refractivity contribution is 8.00. The molecule has 2 aromatic carbocycles. The molecule has 0 atom stereocenters. The molecule has 0 amide bonds. The predicted octanol–water partition coefficient (Wildman–Crippen LogP) is 4.33. The molecule has 0 saturated carbocycles. The largest absolute Gasteiger partial charge is 0.493 e. The van der Waals surface area contributed by atoms with Gasteiger partial charge in [0.15, 0.2) is 17.3 Å². The van der Waals surface area contributed by atoms with Crippen molar-refractivity contribution < 1.29 is 14.3 Å². The molecule has 0 aliphatic heterocycles. The Morgan fingerprint density at radius 2 is 1.86 bits per heavy atom. The van der Waals surface area contributed by atoms with E-state index in [1.807, 2.05) is 36.4 Å². The molecule has 0 heterocycles. The van der Waals surface area contributed by atoms with E-state index in [0.29, 0.717) is 27.8 Å². The number of ether oxygens (including phenoxy) is 2. The van der Waals surface area contributed by atoms with E-state index >= 15 is 0 Å². The van der Waals surface area contributed by atoms with Gasteiger partial charge in [0.25, 0.3) is 0 Å². The molecular formula is C16H15ClO3S. The second kappa shape index (κ2) is 7.38. The van der Waals surface area contributed by atoms with Gasteiger partial charge in [0.1, 0.15) is 0 Å². The number of carbonyl (C=O) groups excluding carboxylic acids is 1. The number of carbonyl (C=O) groups is 1. The zero-order valence-corrected chi connectivity index (χ0v) is 13.3. The van der Waals surface area contributed by atoms with Crippen LogP contribution in [0.5, 0.6) is 11.5 Å². The van der Waals surface area contributed by atoms with Gasteiger partial charge in [0.2, 0.25) is 0 Å². The Morgan fingerprint density at radius 3 is 2.48 bits per heavy atom. The monoisotopic (exact) mass is 322 g/mol. The zero-order chi connectivity index (χ0) is 15.2. The topological polar surface area (TPSA) is 35.5 Å². The van der Waals surface area contributed by atoms with E-state index < -0.39 is 0 Å². The standard InChI is InChI=1S/C16H15ClO3S/c1-19-15-9-12(8-13(17)16(15)20-2)21-10-14(18)11-6-4-3-5-7-11/h3-9H,10H2,1-2H3. The first-order valence-corrected chi connectivity index (χ1v) is 7.64. The third kappa shape index (κ3) is 3.93. The number of rotatable bonds is 6. The lowest BCUT2D eigenvalue weighted by Gasteiger charge is -2.11. The van der Waals surface area contributed by atoms with Crippen molar-refractivity contribution in [3.8, 4) is 11.5 Å². The molecule has 2 aromatic rings. The van der Waals surface area contributed by atoms with Crippen LogP contribution in [0, 0.1) is 0 Å². The number of Topliss-reactive ketones (excluding diaryl/α,β-unsaturated/α-hetero) is 1.